The Morgan fingerprint density at radius 1 is 1.12 bits per heavy atom. The molecule has 0 N–H and O–H groups in total. The van der Waals surface area contributed by atoms with Crippen molar-refractivity contribution in [2.45, 2.75) is 56.7 Å². The molecule has 3 heterocycles. The Bertz CT molecular complexity index is 1010. The number of benzene rings is 1. The summed E-state index contributed by atoms with van der Waals surface area (Å²) in [4.78, 5) is 8.05. The predicted molar refractivity (Wildman–Crippen MR) is 118 cm³/mol. The van der Waals surface area contributed by atoms with E-state index in [1.807, 2.05) is 35.0 Å². The van der Waals surface area contributed by atoms with E-state index in [2.05, 4.69) is 9.97 Å². The van der Waals surface area contributed by atoms with Crippen molar-refractivity contribution in [1.29, 1.82) is 0 Å². The second-order valence-electron chi connectivity index (χ2n) is 8.25. The topological polar surface area (TPSA) is 49.2 Å². The maximum atomic E-state index is 12.7. The number of ether oxygens (including phenoxy) is 2. The van der Waals surface area contributed by atoms with E-state index >= 15 is 0 Å². The third-order valence-electron chi connectivity index (χ3n) is 5.72. The number of hydrogen-bond acceptors (Lipinski definition) is 4. The zero-order valence-electron chi connectivity index (χ0n) is 18.0. The van der Waals surface area contributed by atoms with Gasteiger partial charge in [-0.2, -0.15) is 13.2 Å². The van der Waals surface area contributed by atoms with E-state index in [1.165, 1.54) is 6.07 Å². The maximum Gasteiger partial charge on any atom is 0.417 e. The molecule has 0 radical (unpaired) electrons. The summed E-state index contributed by atoms with van der Waals surface area (Å²) in [6.07, 6.45) is 5.25. The highest BCUT2D eigenvalue weighted by molar-refractivity contribution is 6.30. The number of aromatic nitrogens is 3. The Labute approximate surface area is 195 Å². The molecule has 1 saturated heterocycles. The van der Waals surface area contributed by atoms with Crippen LogP contribution in [-0.4, -0.2) is 33.0 Å². The lowest BCUT2D eigenvalue weighted by Crippen LogP contribution is -2.36. The van der Waals surface area contributed by atoms with Gasteiger partial charge in [0.15, 0.2) is 5.79 Å². The summed E-state index contributed by atoms with van der Waals surface area (Å²) in [5.74, 6) is -0.766. The second-order valence-corrected chi connectivity index (χ2v) is 8.69. The molecule has 3 aromatic rings. The third kappa shape index (κ3) is 6.56. The Morgan fingerprint density at radius 3 is 2.61 bits per heavy atom. The van der Waals surface area contributed by atoms with Gasteiger partial charge in [0.05, 0.1) is 31.1 Å². The van der Waals surface area contributed by atoms with Crippen LogP contribution in [0.3, 0.4) is 0 Å². The quantitative estimate of drug-likeness (QED) is 0.394. The fourth-order valence-electron chi connectivity index (χ4n) is 3.95. The van der Waals surface area contributed by atoms with Gasteiger partial charge < -0.3 is 14.0 Å². The summed E-state index contributed by atoms with van der Waals surface area (Å²) < 4.78 is 52.6. The van der Waals surface area contributed by atoms with Crippen LogP contribution in [0.2, 0.25) is 5.02 Å². The maximum absolute atomic E-state index is 12.7. The summed E-state index contributed by atoms with van der Waals surface area (Å²) in [5, 5.41) is 0.697. The molecule has 0 spiro atoms. The zero-order chi connectivity index (χ0) is 23.3. The molecular formula is C24H25ClF3N3O2. The standard InChI is InChI=1S/C24H25ClF3N3O2/c25-20-7-4-18(5-8-20)10-11-23(16-31-13-12-29-17-31)32-15-22(33-23)3-1-2-21-9-6-19(14-30-21)24(26,27)28/h4-9,12-14,17,22H,1-3,10-11,15-16H2/t22-,23+/m0/s1. The second kappa shape index (κ2) is 10.2. The first-order valence-corrected chi connectivity index (χ1v) is 11.2. The van der Waals surface area contributed by atoms with Crippen LogP contribution in [0.1, 0.15) is 36.1 Å². The molecule has 0 aliphatic carbocycles. The molecule has 9 heteroatoms. The Morgan fingerprint density at radius 2 is 1.94 bits per heavy atom. The van der Waals surface area contributed by atoms with Gasteiger partial charge in [-0.15, -0.1) is 0 Å². The van der Waals surface area contributed by atoms with Crippen molar-refractivity contribution in [2.24, 2.45) is 0 Å². The lowest BCUT2D eigenvalue weighted by atomic mass is 10.0. The van der Waals surface area contributed by atoms with E-state index in [1.54, 1.807) is 12.5 Å². The van der Waals surface area contributed by atoms with Crippen LogP contribution in [0.15, 0.2) is 61.3 Å². The number of pyridine rings is 1. The summed E-state index contributed by atoms with van der Waals surface area (Å²) >= 11 is 5.99. The molecule has 1 fully saturated rings. The molecule has 0 amide bonds. The minimum absolute atomic E-state index is 0.0896. The molecule has 176 valence electrons. The van der Waals surface area contributed by atoms with Gasteiger partial charge in [0.1, 0.15) is 0 Å². The molecule has 1 aliphatic heterocycles. The van der Waals surface area contributed by atoms with Crippen molar-refractivity contribution < 1.29 is 22.6 Å². The fraction of sp³-hybridized carbons (Fsp3) is 0.417. The molecule has 1 aromatic carbocycles. The minimum atomic E-state index is -4.37. The van der Waals surface area contributed by atoms with Crippen molar-refractivity contribution in [1.82, 2.24) is 14.5 Å². The van der Waals surface area contributed by atoms with Gasteiger partial charge in [-0.05, 0) is 55.5 Å². The van der Waals surface area contributed by atoms with Gasteiger partial charge in [-0.25, -0.2) is 4.98 Å². The van der Waals surface area contributed by atoms with Gasteiger partial charge in [0.25, 0.3) is 0 Å². The van der Waals surface area contributed by atoms with E-state index in [-0.39, 0.29) is 6.10 Å². The molecule has 33 heavy (non-hydrogen) atoms. The molecule has 1 aliphatic rings. The van der Waals surface area contributed by atoms with Gasteiger partial charge in [0, 0.05) is 35.7 Å². The van der Waals surface area contributed by atoms with Gasteiger partial charge in [0.2, 0.25) is 0 Å². The molecule has 0 saturated carbocycles. The lowest BCUT2D eigenvalue weighted by Gasteiger charge is -2.28. The number of alkyl halides is 3. The van der Waals surface area contributed by atoms with Crippen LogP contribution >= 0.6 is 11.6 Å². The van der Waals surface area contributed by atoms with E-state index in [9.17, 15) is 13.2 Å². The first kappa shape index (κ1) is 23.7. The number of aryl methyl sites for hydroxylation is 2. The van der Waals surface area contributed by atoms with Crippen LogP contribution in [-0.2, 0) is 35.0 Å². The van der Waals surface area contributed by atoms with Crippen LogP contribution in [0.25, 0.3) is 0 Å². The fourth-order valence-corrected chi connectivity index (χ4v) is 4.07. The van der Waals surface area contributed by atoms with E-state index < -0.39 is 17.5 Å². The van der Waals surface area contributed by atoms with Crippen LogP contribution < -0.4 is 0 Å². The van der Waals surface area contributed by atoms with Crippen LogP contribution in [0.5, 0.6) is 0 Å². The molecule has 4 rings (SSSR count). The van der Waals surface area contributed by atoms with Crippen molar-refractivity contribution >= 4 is 11.6 Å². The molecule has 2 atom stereocenters. The Balaban J connectivity index is 1.33. The minimum Gasteiger partial charge on any atom is -0.345 e. The molecule has 5 nitrogen and oxygen atoms in total. The van der Waals surface area contributed by atoms with E-state index in [4.69, 9.17) is 21.1 Å². The van der Waals surface area contributed by atoms with Gasteiger partial charge in [-0.3, -0.25) is 4.98 Å². The van der Waals surface area contributed by atoms with Gasteiger partial charge in [-0.1, -0.05) is 23.7 Å². The smallest absolute Gasteiger partial charge is 0.345 e. The number of hydrogen-bond donors (Lipinski definition) is 0. The van der Waals surface area contributed by atoms with Crippen molar-refractivity contribution in [3.05, 3.63) is 83.2 Å². The Kier molecular flexibility index (Phi) is 7.36. The summed E-state index contributed by atoms with van der Waals surface area (Å²) in [7, 11) is 0. The van der Waals surface area contributed by atoms with Crippen LogP contribution in [0, 0.1) is 0 Å². The normalized spacial score (nSPS) is 20.9. The molecule has 2 aromatic heterocycles. The number of halogens is 4. The van der Waals surface area contributed by atoms with Crippen molar-refractivity contribution in [3.8, 4) is 0 Å². The first-order chi connectivity index (χ1) is 15.8. The number of imidazole rings is 1. The highest BCUT2D eigenvalue weighted by atomic mass is 35.5. The molecule has 0 bridgehead atoms. The zero-order valence-corrected chi connectivity index (χ0v) is 18.7. The average molecular weight is 480 g/mol. The summed E-state index contributed by atoms with van der Waals surface area (Å²) in [6, 6.07) is 10.2. The van der Waals surface area contributed by atoms with E-state index in [0.717, 1.165) is 37.1 Å². The molecular weight excluding hydrogens is 455 g/mol. The Hall–Kier alpha value is -2.42. The monoisotopic (exact) mass is 479 g/mol. The van der Waals surface area contributed by atoms with E-state index in [0.29, 0.717) is 36.7 Å². The summed E-state index contributed by atoms with van der Waals surface area (Å²) in [6.45, 7) is 0.993. The lowest BCUT2D eigenvalue weighted by molar-refractivity contribution is -0.182. The molecule has 0 unspecified atom stereocenters. The summed E-state index contributed by atoms with van der Waals surface area (Å²) in [5.41, 5.74) is 1.05. The predicted octanol–water partition coefficient (Wildman–Crippen LogP) is 5.72. The van der Waals surface area contributed by atoms with Crippen molar-refractivity contribution in [3.63, 3.8) is 0 Å². The largest absolute Gasteiger partial charge is 0.417 e. The van der Waals surface area contributed by atoms with Gasteiger partial charge >= 0.3 is 6.18 Å². The third-order valence-corrected chi connectivity index (χ3v) is 5.97. The first-order valence-electron chi connectivity index (χ1n) is 10.9. The SMILES string of the molecule is FC(F)(F)c1ccc(CCC[C@H]2CO[C@@](CCc3ccc(Cl)cc3)(Cn3ccnc3)O2)nc1. The highest BCUT2D eigenvalue weighted by Gasteiger charge is 2.41. The van der Waals surface area contributed by atoms with Crippen LogP contribution in [0.4, 0.5) is 13.2 Å². The number of rotatable bonds is 9. The average Bonchev–Trinajstić information content (AvgIpc) is 3.44. The number of nitrogens with zero attached hydrogens (tertiary/aromatic N) is 3. The van der Waals surface area contributed by atoms with Crippen molar-refractivity contribution in [2.75, 3.05) is 6.61 Å². The highest BCUT2D eigenvalue weighted by Crippen LogP contribution is 2.33.